The Morgan fingerprint density at radius 1 is 1.28 bits per heavy atom. The van der Waals surface area contributed by atoms with Gasteiger partial charge in [0.05, 0.1) is 12.0 Å². The molecule has 0 fully saturated rings. The number of nitrogens with zero attached hydrogens (tertiary/aromatic N) is 3. The summed E-state index contributed by atoms with van der Waals surface area (Å²) in [5, 5.41) is 22.0. The number of thioether (sulfide) groups is 1. The monoisotopic (exact) mass is 428 g/mol. The molecule has 8 nitrogen and oxygen atoms in total. The molecule has 0 aliphatic heterocycles. The normalized spacial score (nSPS) is 10.8. The smallest absolute Gasteiger partial charge is 0.270 e. The zero-order valence-electron chi connectivity index (χ0n) is 15.3. The van der Waals surface area contributed by atoms with Crippen LogP contribution in [0.25, 0.3) is 6.08 Å². The van der Waals surface area contributed by atoms with E-state index < -0.39 is 4.92 Å². The number of hydrogen-bond donors (Lipinski definition) is 1. The van der Waals surface area contributed by atoms with E-state index in [4.69, 9.17) is 4.74 Å². The predicted molar refractivity (Wildman–Crippen MR) is 113 cm³/mol. The number of anilines is 1. The van der Waals surface area contributed by atoms with Gasteiger partial charge >= 0.3 is 0 Å². The molecule has 29 heavy (non-hydrogen) atoms. The molecule has 0 unspecified atom stereocenters. The quantitative estimate of drug-likeness (QED) is 0.186. The van der Waals surface area contributed by atoms with Crippen molar-refractivity contribution in [2.24, 2.45) is 0 Å². The van der Waals surface area contributed by atoms with E-state index in [-0.39, 0.29) is 11.6 Å². The molecule has 1 N–H and O–H groups in total. The molecule has 2 aromatic carbocycles. The van der Waals surface area contributed by atoms with Gasteiger partial charge in [0, 0.05) is 29.5 Å². The number of hydrogen-bond acceptors (Lipinski definition) is 8. The van der Waals surface area contributed by atoms with E-state index in [2.05, 4.69) is 15.5 Å². The predicted octanol–water partition coefficient (Wildman–Crippen LogP) is 4.40. The van der Waals surface area contributed by atoms with E-state index in [1.54, 1.807) is 12.1 Å². The number of methoxy groups -OCH3 is 1. The summed E-state index contributed by atoms with van der Waals surface area (Å²) in [6.07, 6.45) is 3.14. The summed E-state index contributed by atoms with van der Waals surface area (Å²) in [6.45, 7) is 0. The Morgan fingerprint density at radius 3 is 2.79 bits per heavy atom. The van der Waals surface area contributed by atoms with Gasteiger partial charge in [-0.15, -0.1) is 10.2 Å². The van der Waals surface area contributed by atoms with E-state index in [1.165, 1.54) is 48.4 Å². The molecule has 3 rings (SSSR count). The fraction of sp³-hybridized carbons (Fsp3) is 0.105. The van der Waals surface area contributed by atoms with Crippen LogP contribution in [0, 0.1) is 10.1 Å². The number of carbonyl (C=O) groups is 1. The topological polar surface area (TPSA) is 107 Å². The van der Waals surface area contributed by atoms with Gasteiger partial charge in [0.25, 0.3) is 5.69 Å². The lowest BCUT2D eigenvalue weighted by molar-refractivity contribution is -0.384. The SMILES string of the molecule is COc1ccc([N+](=O)[O-])cc1CSc1nnc(NC(=O)C=Cc2ccccc2)s1. The van der Waals surface area contributed by atoms with Gasteiger partial charge in [-0.05, 0) is 17.7 Å². The Bertz CT molecular complexity index is 1040. The van der Waals surface area contributed by atoms with E-state index in [0.29, 0.717) is 26.5 Å². The summed E-state index contributed by atoms with van der Waals surface area (Å²) < 4.78 is 5.88. The second-order valence-electron chi connectivity index (χ2n) is 5.65. The third-order valence-corrected chi connectivity index (χ3v) is 5.71. The lowest BCUT2D eigenvalue weighted by Gasteiger charge is -2.06. The van der Waals surface area contributed by atoms with E-state index in [9.17, 15) is 14.9 Å². The highest BCUT2D eigenvalue weighted by Crippen LogP contribution is 2.33. The molecule has 0 saturated carbocycles. The first-order valence-corrected chi connectivity index (χ1v) is 10.2. The third kappa shape index (κ3) is 5.87. The van der Waals surface area contributed by atoms with Gasteiger partial charge in [0.1, 0.15) is 5.75 Å². The Balaban J connectivity index is 1.59. The standard InChI is InChI=1S/C19H16N4O4S2/c1-27-16-9-8-15(23(25)26)11-14(16)12-28-19-22-21-18(29-19)20-17(24)10-7-13-5-3-2-4-6-13/h2-11H,12H2,1H3,(H,20,21,24). The Morgan fingerprint density at radius 2 is 2.07 bits per heavy atom. The lowest BCUT2D eigenvalue weighted by Crippen LogP contribution is -2.07. The van der Waals surface area contributed by atoms with E-state index in [1.807, 2.05) is 30.3 Å². The van der Waals surface area contributed by atoms with Crippen molar-refractivity contribution in [2.75, 3.05) is 12.4 Å². The largest absolute Gasteiger partial charge is 0.496 e. The number of nitro groups is 1. The second kappa shape index (κ2) is 9.80. The van der Waals surface area contributed by atoms with Gasteiger partial charge < -0.3 is 4.74 Å². The van der Waals surface area contributed by atoms with Crippen LogP contribution in [0.15, 0.2) is 58.9 Å². The number of rotatable bonds is 8. The van der Waals surface area contributed by atoms with E-state index >= 15 is 0 Å². The number of nitrogens with one attached hydrogen (secondary N) is 1. The van der Waals surface area contributed by atoms with Crippen LogP contribution in [0.2, 0.25) is 0 Å². The van der Waals surface area contributed by atoms with Crippen molar-refractivity contribution >= 4 is 45.9 Å². The minimum absolute atomic E-state index is 0.00294. The molecule has 1 amide bonds. The summed E-state index contributed by atoms with van der Waals surface area (Å²) in [5.41, 5.74) is 1.59. The fourth-order valence-corrected chi connectivity index (χ4v) is 4.07. The molecule has 148 valence electrons. The van der Waals surface area contributed by atoms with Crippen LogP contribution >= 0.6 is 23.1 Å². The molecule has 0 radical (unpaired) electrons. The van der Waals surface area contributed by atoms with Crippen molar-refractivity contribution in [3.63, 3.8) is 0 Å². The van der Waals surface area contributed by atoms with E-state index in [0.717, 1.165) is 5.56 Å². The van der Waals surface area contributed by atoms with Crippen molar-refractivity contribution < 1.29 is 14.5 Å². The van der Waals surface area contributed by atoms with Crippen molar-refractivity contribution in [2.45, 2.75) is 10.1 Å². The molecule has 0 aliphatic carbocycles. The minimum atomic E-state index is -0.449. The van der Waals surface area contributed by atoms with Crippen LogP contribution in [0.5, 0.6) is 5.75 Å². The number of benzene rings is 2. The van der Waals surface area contributed by atoms with Gasteiger partial charge in [-0.2, -0.15) is 0 Å². The van der Waals surface area contributed by atoms with Gasteiger partial charge in [-0.3, -0.25) is 20.2 Å². The highest BCUT2D eigenvalue weighted by atomic mass is 32.2. The van der Waals surface area contributed by atoms with Crippen LogP contribution in [-0.4, -0.2) is 28.1 Å². The zero-order chi connectivity index (χ0) is 20.6. The lowest BCUT2D eigenvalue weighted by atomic mass is 10.2. The number of amides is 1. The molecule has 0 aliphatic rings. The average molecular weight is 428 g/mol. The fourth-order valence-electron chi connectivity index (χ4n) is 2.33. The Labute approximate surface area is 174 Å². The maximum atomic E-state index is 12.0. The average Bonchev–Trinajstić information content (AvgIpc) is 3.18. The number of non-ortho nitro benzene ring substituents is 1. The second-order valence-corrected chi connectivity index (χ2v) is 7.85. The molecular formula is C19H16N4O4S2. The molecule has 0 atom stereocenters. The first-order chi connectivity index (χ1) is 14.0. The van der Waals surface area contributed by atoms with Crippen LogP contribution in [0.4, 0.5) is 10.8 Å². The number of ether oxygens (including phenoxy) is 1. The first kappa shape index (κ1) is 20.5. The molecule has 10 heteroatoms. The van der Waals surface area contributed by atoms with Crippen LogP contribution in [0.3, 0.4) is 0 Å². The zero-order valence-corrected chi connectivity index (χ0v) is 16.9. The highest BCUT2D eigenvalue weighted by Gasteiger charge is 2.13. The Kier molecular flexibility index (Phi) is 6.93. The van der Waals surface area contributed by atoms with Gasteiger partial charge in [0.2, 0.25) is 11.0 Å². The highest BCUT2D eigenvalue weighted by molar-refractivity contribution is 8.00. The first-order valence-electron chi connectivity index (χ1n) is 8.37. The summed E-state index contributed by atoms with van der Waals surface area (Å²) in [7, 11) is 1.51. The number of carbonyl (C=O) groups excluding carboxylic acids is 1. The van der Waals surface area contributed by atoms with Crippen molar-refractivity contribution in [3.05, 3.63) is 75.8 Å². The van der Waals surface area contributed by atoms with Crippen LogP contribution < -0.4 is 10.1 Å². The van der Waals surface area contributed by atoms with Crippen molar-refractivity contribution in [1.82, 2.24) is 10.2 Å². The molecular weight excluding hydrogens is 412 g/mol. The maximum Gasteiger partial charge on any atom is 0.270 e. The summed E-state index contributed by atoms with van der Waals surface area (Å²) in [4.78, 5) is 22.5. The molecule has 1 aromatic heterocycles. The third-order valence-electron chi connectivity index (χ3n) is 3.69. The molecule has 1 heterocycles. The summed E-state index contributed by atoms with van der Waals surface area (Å²) in [6, 6.07) is 13.9. The Hall–Kier alpha value is -3.24. The maximum absolute atomic E-state index is 12.0. The van der Waals surface area contributed by atoms with Crippen LogP contribution in [0.1, 0.15) is 11.1 Å². The molecule has 0 spiro atoms. The molecule has 3 aromatic rings. The van der Waals surface area contributed by atoms with Crippen molar-refractivity contribution in [1.29, 1.82) is 0 Å². The van der Waals surface area contributed by atoms with Gasteiger partial charge in [-0.25, -0.2) is 0 Å². The van der Waals surface area contributed by atoms with Crippen LogP contribution in [-0.2, 0) is 10.5 Å². The van der Waals surface area contributed by atoms with Gasteiger partial charge in [-0.1, -0.05) is 53.4 Å². The number of nitro benzene ring substituents is 1. The molecule has 0 bridgehead atoms. The summed E-state index contributed by atoms with van der Waals surface area (Å²) >= 11 is 2.58. The van der Waals surface area contributed by atoms with Crippen molar-refractivity contribution in [3.8, 4) is 5.75 Å². The van der Waals surface area contributed by atoms with Gasteiger partial charge in [0.15, 0.2) is 4.34 Å². The number of aromatic nitrogens is 2. The molecule has 0 saturated heterocycles. The summed E-state index contributed by atoms with van der Waals surface area (Å²) in [5.74, 6) is 0.676. The minimum Gasteiger partial charge on any atom is -0.496 e.